The van der Waals surface area contributed by atoms with Crippen LogP contribution >= 0.6 is 11.6 Å². The van der Waals surface area contributed by atoms with Gasteiger partial charge in [0.05, 0.1) is 16.4 Å². The summed E-state index contributed by atoms with van der Waals surface area (Å²) in [6.07, 6.45) is 0.989. The maximum atomic E-state index is 6.35. The van der Waals surface area contributed by atoms with Crippen molar-refractivity contribution in [2.24, 2.45) is 0 Å². The lowest BCUT2D eigenvalue weighted by atomic mass is 10.1. The minimum atomic E-state index is 0.706. The van der Waals surface area contributed by atoms with Crippen LogP contribution in [0.2, 0.25) is 5.02 Å². The normalized spacial score (nSPS) is 13.0. The Bertz CT molecular complexity index is 834. The molecule has 2 aromatic carbocycles. The van der Waals surface area contributed by atoms with Crippen LogP contribution in [0.3, 0.4) is 0 Å². The average molecular weight is 310 g/mol. The van der Waals surface area contributed by atoms with Crippen molar-refractivity contribution in [3.8, 4) is 16.9 Å². The van der Waals surface area contributed by atoms with Crippen LogP contribution in [-0.2, 0) is 6.42 Å². The molecule has 0 amide bonds. The molecule has 0 unspecified atom stereocenters. The number of aryl methyl sites for hydroxylation is 1. The first-order valence-electron chi connectivity index (χ1n) is 7.42. The van der Waals surface area contributed by atoms with E-state index in [0.717, 1.165) is 35.7 Å². The fourth-order valence-corrected chi connectivity index (χ4v) is 3.13. The van der Waals surface area contributed by atoms with Gasteiger partial charge in [-0.2, -0.15) is 5.10 Å². The van der Waals surface area contributed by atoms with E-state index >= 15 is 0 Å². The summed E-state index contributed by atoms with van der Waals surface area (Å²) in [4.78, 5) is 0. The lowest BCUT2D eigenvalue weighted by Crippen LogP contribution is -2.04. The van der Waals surface area contributed by atoms with Gasteiger partial charge in [-0.1, -0.05) is 53.6 Å². The van der Waals surface area contributed by atoms with E-state index in [9.17, 15) is 0 Å². The molecule has 0 aliphatic carbocycles. The standard InChI is InChI=1S/C18H16ClN3/c1-12-6-8-13(9-7-12)17-14-10-11-20-18(14)22(21-17)16-5-3-2-4-15(16)19/h2-9,20H,10-11H2,1H3. The molecule has 0 atom stereocenters. The number of hydrogen-bond acceptors (Lipinski definition) is 2. The highest BCUT2D eigenvalue weighted by atomic mass is 35.5. The Morgan fingerprint density at radius 1 is 1.09 bits per heavy atom. The van der Waals surface area contributed by atoms with Crippen molar-refractivity contribution >= 4 is 17.4 Å². The van der Waals surface area contributed by atoms with Crippen LogP contribution in [0.1, 0.15) is 11.1 Å². The van der Waals surface area contributed by atoms with Crippen molar-refractivity contribution < 1.29 is 0 Å². The summed E-state index contributed by atoms with van der Waals surface area (Å²) in [6.45, 7) is 3.04. The van der Waals surface area contributed by atoms with Crippen LogP contribution in [0, 0.1) is 6.92 Å². The lowest BCUT2D eigenvalue weighted by Gasteiger charge is -2.08. The molecule has 4 heteroatoms. The van der Waals surface area contributed by atoms with Crippen LogP contribution in [-0.4, -0.2) is 16.3 Å². The second-order valence-corrected chi connectivity index (χ2v) is 5.99. The molecule has 3 nitrogen and oxygen atoms in total. The second kappa shape index (κ2) is 5.18. The number of rotatable bonds is 2. The van der Waals surface area contributed by atoms with E-state index in [-0.39, 0.29) is 0 Å². The highest BCUT2D eigenvalue weighted by Gasteiger charge is 2.24. The number of anilines is 1. The minimum absolute atomic E-state index is 0.706. The molecule has 0 fully saturated rings. The Labute approximate surface area is 134 Å². The number of para-hydroxylation sites is 1. The monoisotopic (exact) mass is 309 g/mol. The van der Waals surface area contributed by atoms with Crippen LogP contribution < -0.4 is 5.32 Å². The van der Waals surface area contributed by atoms with Gasteiger partial charge in [-0.15, -0.1) is 0 Å². The Kier molecular flexibility index (Phi) is 3.16. The molecule has 1 aliphatic rings. The number of nitrogens with one attached hydrogen (secondary N) is 1. The predicted molar refractivity (Wildman–Crippen MR) is 90.9 cm³/mol. The molecule has 0 bridgehead atoms. The van der Waals surface area contributed by atoms with E-state index < -0.39 is 0 Å². The van der Waals surface area contributed by atoms with Crippen LogP contribution in [0.4, 0.5) is 5.82 Å². The first kappa shape index (κ1) is 13.4. The third-order valence-electron chi connectivity index (χ3n) is 4.06. The van der Waals surface area contributed by atoms with Crippen molar-refractivity contribution in [3.63, 3.8) is 0 Å². The van der Waals surface area contributed by atoms with E-state index in [1.807, 2.05) is 28.9 Å². The Balaban J connectivity index is 1.90. The van der Waals surface area contributed by atoms with Gasteiger partial charge >= 0.3 is 0 Å². The fraction of sp³-hybridized carbons (Fsp3) is 0.167. The zero-order valence-corrected chi connectivity index (χ0v) is 13.1. The summed E-state index contributed by atoms with van der Waals surface area (Å²) in [5, 5.41) is 8.98. The largest absolute Gasteiger partial charge is 0.369 e. The summed E-state index contributed by atoms with van der Waals surface area (Å²) in [5.41, 5.74) is 5.62. The Morgan fingerprint density at radius 2 is 1.86 bits per heavy atom. The van der Waals surface area contributed by atoms with Gasteiger partial charge in [-0.3, -0.25) is 0 Å². The molecule has 0 spiro atoms. The zero-order valence-electron chi connectivity index (χ0n) is 12.3. The molecule has 1 aliphatic heterocycles. The molecule has 0 saturated carbocycles. The van der Waals surface area contributed by atoms with Crippen molar-refractivity contribution in [3.05, 3.63) is 64.7 Å². The molecular formula is C18H16ClN3. The highest BCUT2D eigenvalue weighted by Crippen LogP contribution is 2.35. The highest BCUT2D eigenvalue weighted by molar-refractivity contribution is 6.32. The molecule has 0 radical (unpaired) electrons. The number of benzene rings is 2. The number of hydrogen-bond donors (Lipinski definition) is 1. The molecule has 3 aromatic rings. The summed E-state index contributed by atoms with van der Waals surface area (Å²) in [7, 11) is 0. The van der Waals surface area contributed by atoms with Crippen LogP contribution in [0.15, 0.2) is 48.5 Å². The van der Waals surface area contributed by atoms with Crippen molar-refractivity contribution in [2.45, 2.75) is 13.3 Å². The molecule has 0 saturated heterocycles. The van der Waals surface area contributed by atoms with Crippen molar-refractivity contribution in [1.82, 2.24) is 9.78 Å². The van der Waals surface area contributed by atoms with Gasteiger partial charge in [-0.05, 0) is 25.5 Å². The molecule has 2 heterocycles. The fourth-order valence-electron chi connectivity index (χ4n) is 2.92. The molecule has 1 aromatic heterocycles. The number of halogens is 1. The molecular weight excluding hydrogens is 294 g/mol. The third-order valence-corrected chi connectivity index (χ3v) is 4.38. The molecule has 110 valence electrons. The first-order chi connectivity index (χ1) is 10.7. The molecule has 4 rings (SSSR count). The van der Waals surface area contributed by atoms with Gasteiger partial charge in [0, 0.05) is 17.7 Å². The SMILES string of the molecule is Cc1ccc(-c2nn(-c3ccccc3Cl)c3c2CCN3)cc1. The van der Waals surface area contributed by atoms with E-state index in [1.54, 1.807) is 0 Å². The number of fused-ring (bicyclic) bond motifs is 1. The van der Waals surface area contributed by atoms with Crippen LogP contribution in [0.25, 0.3) is 16.9 Å². The minimum Gasteiger partial charge on any atom is -0.369 e. The molecule has 1 N–H and O–H groups in total. The van der Waals surface area contributed by atoms with Gasteiger partial charge in [0.1, 0.15) is 5.82 Å². The van der Waals surface area contributed by atoms with Crippen molar-refractivity contribution in [2.75, 3.05) is 11.9 Å². The molecule has 22 heavy (non-hydrogen) atoms. The summed E-state index contributed by atoms with van der Waals surface area (Å²) in [6, 6.07) is 16.3. The van der Waals surface area contributed by atoms with Gasteiger partial charge in [0.25, 0.3) is 0 Å². The third kappa shape index (κ3) is 2.09. The quantitative estimate of drug-likeness (QED) is 0.757. The summed E-state index contributed by atoms with van der Waals surface area (Å²) < 4.78 is 1.93. The second-order valence-electron chi connectivity index (χ2n) is 5.58. The topological polar surface area (TPSA) is 29.9 Å². The van der Waals surface area contributed by atoms with E-state index in [1.165, 1.54) is 11.1 Å². The van der Waals surface area contributed by atoms with Crippen LogP contribution in [0.5, 0.6) is 0 Å². The average Bonchev–Trinajstić information content (AvgIpc) is 3.11. The van der Waals surface area contributed by atoms with E-state index in [0.29, 0.717) is 5.02 Å². The van der Waals surface area contributed by atoms with Gasteiger partial charge in [-0.25, -0.2) is 4.68 Å². The van der Waals surface area contributed by atoms with Gasteiger partial charge in [0.15, 0.2) is 0 Å². The zero-order chi connectivity index (χ0) is 15.1. The van der Waals surface area contributed by atoms with Gasteiger partial charge < -0.3 is 5.32 Å². The number of nitrogens with zero attached hydrogens (tertiary/aromatic N) is 2. The summed E-state index contributed by atoms with van der Waals surface area (Å²) >= 11 is 6.35. The smallest absolute Gasteiger partial charge is 0.133 e. The lowest BCUT2D eigenvalue weighted by molar-refractivity contribution is 0.882. The summed E-state index contributed by atoms with van der Waals surface area (Å²) in [5.74, 6) is 1.06. The van der Waals surface area contributed by atoms with Gasteiger partial charge in [0.2, 0.25) is 0 Å². The van der Waals surface area contributed by atoms with E-state index in [4.69, 9.17) is 16.7 Å². The van der Waals surface area contributed by atoms with Crippen molar-refractivity contribution in [1.29, 1.82) is 0 Å². The maximum Gasteiger partial charge on any atom is 0.133 e. The van der Waals surface area contributed by atoms with E-state index in [2.05, 4.69) is 36.5 Å². The Morgan fingerprint density at radius 3 is 2.64 bits per heavy atom. The Hall–Kier alpha value is -2.26. The first-order valence-corrected chi connectivity index (χ1v) is 7.79. The number of aromatic nitrogens is 2. The predicted octanol–water partition coefficient (Wildman–Crippen LogP) is 4.47. The maximum absolute atomic E-state index is 6.35.